The lowest BCUT2D eigenvalue weighted by Crippen LogP contribution is -2.42. The van der Waals surface area contributed by atoms with Gasteiger partial charge in [0, 0.05) is 16.7 Å². The van der Waals surface area contributed by atoms with E-state index in [4.69, 9.17) is 16.7 Å². The topological polar surface area (TPSA) is 66.4 Å². The van der Waals surface area contributed by atoms with Crippen molar-refractivity contribution in [3.8, 4) is 0 Å². The Morgan fingerprint density at radius 2 is 2.05 bits per heavy atom. The van der Waals surface area contributed by atoms with Crippen LogP contribution in [-0.4, -0.2) is 23.0 Å². The maximum absolute atomic E-state index is 13.6. The molecule has 22 heavy (non-hydrogen) atoms. The molecule has 1 rings (SSSR count). The molecule has 0 bridgehead atoms. The summed E-state index contributed by atoms with van der Waals surface area (Å²) in [4.78, 5) is 23.0. The van der Waals surface area contributed by atoms with Gasteiger partial charge in [0.1, 0.15) is 11.9 Å². The van der Waals surface area contributed by atoms with E-state index in [9.17, 15) is 14.0 Å². The van der Waals surface area contributed by atoms with Gasteiger partial charge in [-0.25, -0.2) is 9.18 Å². The van der Waals surface area contributed by atoms with E-state index in [2.05, 4.69) is 5.32 Å². The van der Waals surface area contributed by atoms with E-state index in [1.807, 2.05) is 20.8 Å². The molecule has 0 radical (unpaired) electrons. The van der Waals surface area contributed by atoms with E-state index in [1.165, 1.54) is 18.2 Å². The van der Waals surface area contributed by atoms with Crippen molar-refractivity contribution in [1.82, 2.24) is 5.32 Å². The highest BCUT2D eigenvalue weighted by atomic mass is 35.5. The van der Waals surface area contributed by atoms with Crippen LogP contribution in [0, 0.1) is 11.2 Å². The number of hydrogen-bond acceptors (Lipinski definition) is 2. The summed E-state index contributed by atoms with van der Waals surface area (Å²) in [6.07, 6.45) is 2.67. The Bertz CT molecular complexity index is 594. The van der Waals surface area contributed by atoms with Crippen molar-refractivity contribution < 1.29 is 19.1 Å². The first kappa shape index (κ1) is 18.2. The molecule has 0 spiro atoms. The van der Waals surface area contributed by atoms with E-state index in [1.54, 1.807) is 0 Å². The predicted octanol–water partition coefficient (Wildman–Crippen LogP) is 3.50. The van der Waals surface area contributed by atoms with Crippen molar-refractivity contribution in [3.05, 3.63) is 40.7 Å². The fourth-order valence-electron chi connectivity index (χ4n) is 1.83. The van der Waals surface area contributed by atoms with Crippen LogP contribution < -0.4 is 5.32 Å². The van der Waals surface area contributed by atoms with Gasteiger partial charge in [-0.3, -0.25) is 4.79 Å². The smallest absolute Gasteiger partial charge is 0.326 e. The third kappa shape index (κ3) is 6.26. The van der Waals surface area contributed by atoms with Crippen LogP contribution in [0.5, 0.6) is 0 Å². The summed E-state index contributed by atoms with van der Waals surface area (Å²) in [5, 5.41) is 11.8. The number of hydrogen-bond donors (Lipinski definition) is 2. The summed E-state index contributed by atoms with van der Waals surface area (Å²) in [6.45, 7) is 5.65. The summed E-state index contributed by atoms with van der Waals surface area (Å²) in [6, 6.07) is 3.08. The van der Waals surface area contributed by atoms with Crippen LogP contribution in [0.2, 0.25) is 5.02 Å². The predicted molar refractivity (Wildman–Crippen MR) is 84.1 cm³/mol. The molecule has 0 aliphatic carbocycles. The molecule has 4 nitrogen and oxygen atoms in total. The number of carbonyl (C=O) groups is 2. The molecule has 6 heteroatoms. The van der Waals surface area contributed by atoms with E-state index < -0.39 is 23.7 Å². The van der Waals surface area contributed by atoms with Gasteiger partial charge in [0.25, 0.3) is 0 Å². The van der Waals surface area contributed by atoms with Crippen LogP contribution >= 0.6 is 11.6 Å². The lowest BCUT2D eigenvalue weighted by Gasteiger charge is -2.23. The maximum atomic E-state index is 13.6. The number of nitrogens with one attached hydrogen (secondary N) is 1. The molecule has 1 aromatic carbocycles. The zero-order valence-electron chi connectivity index (χ0n) is 12.7. The number of amides is 1. The average molecular weight is 328 g/mol. The Hall–Kier alpha value is -1.88. The second-order valence-corrected chi connectivity index (χ2v) is 6.60. The quantitative estimate of drug-likeness (QED) is 0.813. The van der Waals surface area contributed by atoms with Crippen molar-refractivity contribution in [2.24, 2.45) is 5.41 Å². The minimum atomic E-state index is -1.10. The number of aliphatic carboxylic acids is 1. The normalized spacial score (nSPS) is 13.1. The van der Waals surface area contributed by atoms with Crippen LogP contribution in [-0.2, 0) is 9.59 Å². The number of benzene rings is 1. The molecule has 0 saturated heterocycles. The fraction of sp³-hybridized carbons (Fsp3) is 0.375. The molecule has 120 valence electrons. The Morgan fingerprint density at radius 1 is 1.41 bits per heavy atom. The molecule has 0 saturated carbocycles. The van der Waals surface area contributed by atoms with Crippen molar-refractivity contribution in [2.75, 3.05) is 0 Å². The second kappa shape index (κ2) is 7.40. The standard InChI is InChI=1S/C16H19ClFNO3/c1-16(2,3)9-13(15(21)22)19-14(20)7-5-10-4-6-11(17)8-12(10)18/h4-8,13H,9H2,1-3H3,(H,19,20)(H,21,22)/b7-5+. The van der Waals surface area contributed by atoms with E-state index >= 15 is 0 Å². The van der Waals surface area contributed by atoms with Crippen LogP contribution in [0.1, 0.15) is 32.8 Å². The number of rotatable bonds is 5. The molecule has 1 amide bonds. The fourth-order valence-corrected chi connectivity index (χ4v) is 1.99. The van der Waals surface area contributed by atoms with Gasteiger partial charge in [-0.15, -0.1) is 0 Å². The molecule has 0 fully saturated rings. The molecule has 1 aromatic rings. The highest BCUT2D eigenvalue weighted by Gasteiger charge is 2.25. The Kier molecular flexibility index (Phi) is 6.11. The van der Waals surface area contributed by atoms with Crippen LogP contribution in [0.15, 0.2) is 24.3 Å². The van der Waals surface area contributed by atoms with Gasteiger partial charge in [-0.05, 0) is 30.0 Å². The first-order valence-corrected chi connectivity index (χ1v) is 7.13. The molecular weight excluding hydrogens is 309 g/mol. The minimum Gasteiger partial charge on any atom is -0.480 e. The van der Waals surface area contributed by atoms with Gasteiger partial charge in [0.05, 0.1) is 0 Å². The first-order chi connectivity index (χ1) is 10.1. The van der Waals surface area contributed by atoms with Gasteiger partial charge in [-0.1, -0.05) is 38.4 Å². The Morgan fingerprint density at radius 3 is 2.55 bits per heavy atom. The van der Waals surface area contributed by atoms with Crippen molar-refractivity contribution in [3.63, 3.8) is 0 Å². The van der Waals surface area contributed by atoms with Gasteiger partial charge in [0.15, 0.2) is 0 Å². The monoisotopic (exact) mass is 327 g/mol. The highest BCUT2D eigenvalue weighted by Crippen LogP contribution is 2.21. The average Bonchev–Trinajstić information content (AvgIpc) is 2.35. The first-order valence-electron chi connectivity index (χ1n) is 6.75. The molecule has 2 N–H and O–H groups in total. The summed E-state index contributed by atoms with van der Waals surface area (Å²) < 4.78 is 13.6. The number of carboxylic acid groups (broad SMARTS) is 1. The summed E-state index contributed by atoms with van der Waals surface area (Å²) in [5.41, 5.74) is -0.0512. The largest absolute Gasteiger partial charge is 0.480 e. The molecule has 0 heterocycles. The minimum absolute atomic E-state index is 0.197. The molecule has 0 aromatic heterocycles. The second-order valence-electron chi connectivity index (χ2n) is 6.16. The number of carboxylic acids is 1. The van der Waals surface area contributed by atoms with Crippen LogP contribution in [0.3, 0.4) is 0 Å². The van der Waals surface area contributed by atoms with Gasteiger partial charge in [0.2, 0.25) is 5.91 Å². The summed E-state index contributed by atoms with van der Waals surface area (Å²) in [5.74, 6) is -2.25. The summed E-state index contributed by atoms with van der Waals surface area (Å²) in [7, 11) is 0. The Balaban J connectivity index is 2.75. The lowest BCUT2D eigenvalue weighted by atomic mass is 9.88. The van der Waals surface area contributed by atoms with Gasteiger partial charge >= 0.3 is 5.97 Å². The van der Waals surface area contributed by atoms with Crippen LogP contribution in [0.4, 0.5) is 4.39 Å². The number of carbonyl (C=O) groups excluding carboxylic acids is 1. The Labute approximate surface area is 134 Å². The zero-order valence-corrected chi connectivity index (χ0v) is 13.4. The summed E-state index contributed by atoms with van der Waals surface area (Å²) >= 11 is 5.64. The van der Waals surface area contributed by atoms with E-state index in [0.717, 1.165) is 12.1 Å². The van der Waals surface area contributed by atoms with E-state index in [-0.39, 0.29) is 22.4 Å². The number of halogens is 2. The molecule has 0 aliphatic rings. The lowest BCUT2D eigenvalue weighted by molar-refractivity contribution is -0.142. The third-order valence-electron chi connectivity index (χ3n) is 2.81. The SMILES string of the molecule is CC(C)(C)CC(NC(=O)/C=C/c1ccc(Cl)cc1F)C(=O)O. The van der Waals surface area contributed by atoms with Gasteiger partial charge in [-0.2, -0.15) is 0 Å². The molecule has 0 aliphatic heterocycles. The van der Waals surface area contributed by atoms with Crippen molar-refractivity contribution >= 4 is 29.6 Å². The third-order valence-corrected chi connectivity index (χ3v) is 3.04. The molecule has 1 atom stereocenters. The highest BCUT2D eigenvalue weighted by molar-refractivity contribution is 6.30. The van der Waals surface area contributed by atoms with Gasteiger partial charge < -0.3 is 10.4 Å². The maximum Gasteiger partial charge on any atom is 0.326 e. The van der Waals surface area contributed by atoms with Crippen molar-refractivity contribution in [2.45, 2.75) is 33.2 Å². The zero-order chi connectivity index (χ0) is 16.9. The van der Waals surface area contributed by atoms with Crippen LogP contribution in [0.25, 0.3) is 6.08 Å². The molecule has 1 unspecified atom stereocenters. The molecular formula is C16H19ClFNO3. The van der Waals surface area contributed by atoms with Crippen molar-refractivity contribution in [1.29, 1.82) is 0 Å². The van der Waals surface area contributed by atoms with E-state index in [0.29, 0.717) is 0 Å².